The Balaban J connectivity index is -0.00000136. The number of halogens is 3. The molecule has 7 nitrogen and oxygen atoms in total. The maximum atomic E-state index is 14.6. The number of hydrogen-bond donors (Lipinski definition) is 2. The van der Waals surface area contributed by atoms with E-state index in [1.165, 1.54) is 0 Å². The summed E-state index contributed by atoms with van der Waals surface area (Å²) in [6.07, 6.45) is 1.41. The van der Waals surface area contributed by atoms with Gasteiger partial charge in [0.2, 0.25) is 6.41 Å². The average molecular weight is 685 g/mol. The van der Waals surface area contributed by atoms with Gasteiger partial charge in [0.1, 0.15) is 11.6 Å². The van der Waals surface area contributed by atoms with E-state index in [4.69, 9.17) is 10.8 Å². The fourth-order valence-corrected chi connectivity index (χ4v) is 4.26. The second-order valence-electron chi connectivity index (χ2n) is 9.28. The molecule has 0 saturated heterocycles. The molecule has 0 fully saturated rings. The van der Waals surface area contributed by atoms with Crippen molar-refractivity contribution in [1.29, 1.82) is 0 Å². The predicted molar refractivity (Wildman–Crippen MR) is 185 cm³/mol. The van der Waals surface area contributed by atoms with E-state index in [1.54, 1.807) is 16.5 Å². The molecule has 3 rings (SSSR count). The number of aliphatic hydroxyl groups excluding tert-OH is 1. The zero-order chi connectivity index (χ0) is 34.9. The summed E-state index contributed by atoms with van der Waals surface area (Å²) in [4.78, 5) is 18.4. The number of benzene rings is 2. The number of hydrogen-bond acceptors (Lipinski definition) is 5. The van der Waals surface area contributed by atoms with Crippen LogP contribution in [0.4, 0.5) is 8.78 Å². The summed E-state index contributed by atoms with van der Waals surface area (Å²) in [7, 11) is 0. The molecule has 1 amide bonds. The maximum absolute atomic E-state index is 14.6. The molecule has 44 heavy (non-hydrogen) atoms. The second-order valence-corrected chi connectivity index (χ2v) is 10.2. The molecule has 250 valence electrons. The number of amides is 1. The summed E-state index contributed by atoms with van der Waals surface area (Å²) >= 11 is 3.47. The van der Waals surface area contributed by atoms with Crippen LogP contribution in [0.2, 0.25) is 0 Å². The summed E-state index contributed by atoms with van der Waals surface area (Å²) in [6.45, 7) is 27.1. The fourth-order valence-electron chi connectivity index (χ4n) is 3.81. The number of rotatable bonds is 9. The van der Waals surface area contributed by atoms with Gasteiger partial charge in [-0.1, -0.05) is 90.4 Å². The van der Waals surface area contributed by atoms with Gasteiger partial charge in [0.05, 0.1) is 18.2 Å². The lowest BCUT2D eigenvalue weighted by Crippen LogP contribution is -2.39. The Hall–Kier alpha value is -2.95. The van der Waals surface area contributed by atoms with Crippen LogP contribution in [-0.2, 0) is 11.3 Å². The number of aromatic nitrogens is 3. The van der Waals surface area contributed by atoms with Crippen LogP contribution in [-0.4, -0.2) is 50.9 Å². The highest BCUT2D eigenvalue weighted by Gasteiger charge is 2.36. The first-order chi connectivity index (χ1) is 21.0. The molecule has 0 aliphatic heterocycles. The van der Waals surface area contributed by atoms with Crippen molar-refractivity contribution in [3.63, 3.8) is 0 Å². The van der Waals surface area contributed by atoms with Crippen LogP contribution in [0.3, 0.4) is 0 Å². The largest absolute Gasteiger partial charge is 0.397 e. The molecule has 0 spiro atoms. The van der Waals surface area contributed by atoms with Gasteiger partial charge in [-0.15, -0.1) is 13.2 Å². The Kier molecular flexibility index (Phi) is 27.3. The molecule has 0 bridgehead atoms. The molecule has 0 unspecified atom stereocenters. The Morgan fingerprint density at radius 3 is 2.11 bits per heavy atom. The third kappa shape index (κ3) is 15.7. The summed E-state index contributed by atoms with van der Waals surface area (Å²) < 4.78 is 31.0. The van der Waals surface area contributed by atoms with Gasteiger partial charge in [-0.3, -0.25) is 4.79 Å². The number of nitrogens with zero attached hydrogens (tertiary/aromatic N) is 4. The van der Waals surface area contributed by atoms with Gasteiger partial charge < -0.3 is 15.7 Å². The minimum absolute atomic E-state index is 0.0310. The summed E-state index contributed by atoms with van der Waals surface area (Å²) in [6, 6.07) is 10.4. The van der Waals surface area contributed by atoms with E-state index in [0.717, 1.165) is 34.6 Å². The first kappa shape index (κ1) is 45.5. The first-order valence-electron chi connectivity index (χ1n) is 15.2. The van der Waals surface area contributed by atoms with Gasteiger partial charge >= 0.3 is 0 Å². The summed E-state index contributed by atoms with van der Waals surface area (Å²) in [5.74, 6) is -0.646. The fraction of sp³-hybridized carbons (Fsp3) is 0.500. The summed E-state index contributed by atoms with van der Waals surface area (Å²) in [5.41, 5.74) is 6.17. The van der Waals surface area contributed by atoms with Gasteiger partial charge in [-0.25, -0.2) is 18.4 Å². The third-order valence-electron chi connectivity index (χ3n) is 5.24. The zero-order valence-electron chi connectivity index (χ0n) is 28.5. The molecule has 0 aliphatic rings. The van der Waals surface area contributed by atoms with E-state index in [-0.39, 0.29) is 18.0 Å². The third-order valence-corrected chi connectivity index (χ3v) is 5.74. The molecule has 0 aliphatic carbocycles. The molecule has 2 aromatic carbocycles. The molecule has 1 aromatic heterocycles. The van der Waals surface area contributed by atoms with E-state index in [0.29, 0.717) is 31.9 Å². The van der Waals surface area contributed by atoms with Crippen LogP contribution in [0, 0.1) is 17.0 Å². The van der Waals surface area contributed by atoms with Crippen molar-refractivity contribution in [1.82, 2.24) is 19.7 Å². The van der Waals surface area contributed by atoms with Gasteiger partial charge in [0.25, 0.3) is 0 Å². The van der Waals surface area contributed by atoms with E-state index in [9.17, 15) is 13.6 Å². The smallest absolute Gasteiger partial charge is 0.210 e. The Labute approximate surface area is 273 Å². The van der Waals surface area contributed by atoms with Crippen LogP contribution in [0.15, 0.2) is 60.1 Å². The molecule has 3 aromatic rings. The highest BCUT2D eigenvalue weighted by atomic mass is 79.9. The number of nitrogens with two attached hydrogens (primary N) is 1. The van der Waals surface area contributed by atoms with Crippen molar-refractivity contribution in [2.75, 3.05) is 19.7 Å². The van der Waals surface area contributed by atoms with Crippen molar-refractivity contribution in [2.45, 2.75) is 88.2 Å². The van der Waals surface area contributed by atoms with E-state index < -0.39 is 23.1 Å². The average Bonchev–Trinajstić information content (AvgIpc) is 3.42. The second kappa shape index (κ2) is 26.5. The van der Waals surface area contributed by atoms with Crippen LogP contribution in [0.5, 0.6) is 0 Å². The van der Waals surface area contributed by atoms with Crippen molar-refractivity contribution in [2.24, 2.45) is 11.1 Å². The topological polar surface area (TPSA) is 97.3 Å². The van der Waals surface area contributed by atoms with Crippen LogP contribution >= 0.6 is 15.9 Å². The minimum Gasteiger partial charge on any atom is -0.397 e. The minimum atomic E-state index is -0.620. The highest BCUT2D eigenvalue weighted by molar-refractivity contribution is 9.10. The lowest BCUT2D eigenvalue weighted by Gasteiger charge is -2.37. The molecule has 0 saturated carbocycles. The lowest BCUT2D eigenvalue weighted by molar-refractivity contribution is -0.123. The zero-order valence-corrected chi connectivity index (χ0v) is 30.1. The number of carbonyl (C=O) groups is 1. The van der Waals surface area contributed by atoms with Crippen molar-refractivity contribution >= 4 is 22.3 Å². The lowest BCUT2D eigenvalue weighted by atomic mass is 9.85. The van der Waals surface area contributed by atoms with Gasteiger partial charge in [0, 0.05) is 17.6 Å². The van der Waals surface area contributed by atoms with Crippen molar-refractivity contribution in [3.05, 3.63) is 83.1 Å². The van der Waals surface area contributed by atoms with Crippen molar-refractivity contribution in [3.8, 4) is 11.4 Å². The Morgan fingerprint density at radius 1 is 1.07 bits per heavy atom. The normalized spacial score (nSPS) is 10.3. The summed E-state index contributed by atoms with van der Waals surface area (Å²) in [5, 5.41) is 12.1. The number of aliphatic hydroxyl groups is 1. The monoisotopic (exact) mass is 683 g/mol. The molecular weight excluding hydrogens is 628 g/mol. The Bertz CT molecular complexity index is 1150. The van der Waals surface area contributed by atoms with E-state index in [2.05, 4.69) is 39.2 Å². The molecule has 0 radical (unpaired) electrons. The van der Waals surface area contributed by atoms with Crippen LogP contribution < -0.4 is 5.73 Å². The molecule has 3 N–H and O–H groups in total. The predicted octanol–water partition coefficient (Wildman–Crippen LogP) is 8.81. The maximum Gasteiger partial charge on any atom is 0.210 e. The van der Waals surface area contributed by atoms with Gasteiger partial charge in [-0.2, -0.15) is 5.10 Å². The van der Waals surface area contributed by atoms with E-state index >= 15 is 0 Å². The van der Waals surface area contributed by atoms with Crippen molar-refractivity contribution < 1.29 is 18.7 Å². The van der Waals surface area contributed by atoms with Gasteiger partial charge in [0.15, 0.2) is 11.6 Å². The highest BCUT2D eigenvalue weighted by Crippen LogP contribution is 2.38. The van der Waals surface area contributed by atoms with Gasteiger partial charge in [-0.05, 0) is 61.2 Å². The molecular formula is C34H56BrF2N5O2. The SMILES string of the molecule is C=C.CC.CC.CC.CC(C)(C)[C@H](c1nc(-c2cc(F)ccc2F)nn1Cc1cccc(Br)c1)N(C=O)CCCN.CCO. The quantitative estimate of drug-likeness (QED) is 0.174. The standard InChI is InChI=1S/C24H28BrF2N5O.C2H6O.3C2H6.C2H4/c1-24(2,3)21(31(15-33)11-5-10-28)23-29-22(19-13-18(26)8-9-20(19)27)30-32(23)14-16-6-4-7-17(25)12-16;1-2-3;4*1-2/h4,6-9,12-13,15,21H,5,10-11,14,28H2,1-3H3;3H,2H2,1H3;3*1-2H3;1-2H2/t21-;;;;;/m0...../s1. The number of carbonyl (C=O) groups excluding carboxylic acids is 1. The van der Waals surface area contributed by atoms with E-state index in [1.807, 2.05) is 86.6 Å². The molecule has 10 heteroatoms. The molecule has 1 atom stereocenters. The van der Waals surface area contributed by atoms with Crippen LogP contribution in [0.25, 0.3) is 11.4 Å². The Morgan fingerprint density at radius 2 is 1.64 bits per heavy atom. The first-order valence-corrected chi connectivity index (χ1v) is 16.0. The van der Waals surface area contributed by atoms with Crippen LogP contribution in [0.1, 0.15) is 93.1 Å². The molecule has 1 heterocycles.